The average molecular weight is 262 g/mol. The predicted octanol–water partition coefficient (Wildman–Crippen LogP) is 2.99. The molecular weight excluding hydrogens is 240 g/mol. The molecule has 3 rings (SSSR count). The first kappa shape index (κ1) is 12.4. The van der Waals surface area contributed by atoms with E-state index in [4.69, 9.17) is 0 Å². The summed E-state index contributed by atoms with van der Waals surface area (Å²) in [6.45, 7) is 6.00. The second-order valence-electron chi connectivity index (χ2n) is 5.47. The van der Waals surface area contributed by atoms with Gasteiger partial charge in [-0.3, -0.25) is 0 Å². The van der Waals surface area contributed by atoms with Gasteiger partial charge in [0.1, 0.15) is 0 Å². The van der Waals surface area contributed by atoms with Crippen LogP contribution in [0.1, 0.15) is 19.8 Å². The van der Waals surface area contributed by atoms with E-state index < -0.39 is 0 Å². The lowest BCUT2D eigenvalue weighted by Crippen LogP contribution is -2.43. The third-order valence-corrected chi connectivity index (χ3v) is 5.41. The van der Waals surface area contributed by atoms with Crippen LogP contribution in [0.25, 0.3) is 0 Å². The number of hydrogen-bond acceptors (Lipinski definition) is 3. The molecule has 1 aromatic rings. The zero-order valence-electron chi connectivity index (χ0n) is 11.1. The van der Waals surface area contributed by atoms with Crippen LogP contribution in [0.2, 0.25) is 0 Å². The molecule has 18 heavy (non-hydrogen) atoms. The molecular formula is C15H22N2S. The predicted molar refractivity (Wildman–Crippen MR) is 79.6 cm³/mol. The maximum Gasteiger partial charge on any atom is 0.0507 e. The fourth-order valence-electron chi connectivity index (χ4n) is 2.98. The van der Waals surface area contributed by atoms with Gasteiger partial charge >= 0.3 is 0 Å². The molecule has 2 nitrogen and oxygen atoms in total. The van der Waals surface area contributed by atoms with Crippen molar-refractivity contribution in [3.05, 3.63) is 24.3 Å². The van der Waals surface area contributed by atoms with E-state index in [1.54, 1.807) is 0 Å². The molecule has 0 spiro atoms. The summed E-state index contributed by atoms with van der Waals surface area (Å²) in [4.78, 5) is 4.10. The quantitative estimate of drug-likeness (QED) is 0.882. The molecule has 98 valence electrons. The van der Waals surface area contributed by atoms with Gasteiger partial charge in [0.2, 0.25) is 0 Å². The van der Waals surface area contributed by atoms with Crippen molar-refractivity contribution in [1.82, 2.24) is 5.32 Å². The highest BCUT2D eigenvalue weighted by Gasteiger charge is 2.26. The third kappa shape index (κ3) is 2.52. The van der Waals surface area contributed by atoms with E-state index in [1.165, 1.54) is 48.8 Å². The Hall–Kier alpha value is -0.670. The SMILES string of the molecule is CC1CSc2ccccc2N1CC1CCNCC1. The molecule has 1 aromatic carbocycles. The number of hydrogen-bond donors (Lipinski definition) is 1. The molecule has 0 aromatic heterocycles. The molecule has 1 N–H and O–H groups in total. The van der Waals surface area contributed by atoms with E-state index >= 15 is 0 Å². The highest BCUT2D eigenvalue weighted by Crippen LogP contribution is 2.37. The zero-order chi connectivity index (χ0) is 12.4. The Bertz CT molecular complexity index is 401. The van der Waals surface area contributed by atoms with Gasteiger partial charge in [-0.25, -0.2) is 0 Å². The third-order valence-electron chi connectivity index (χ3n) is 4.10. The molecule has 1 atom stereocenters. The number of fused-ring (bicyclic) bond motifs is 1. The molecule has 2 aliphatic heterocycles. The van der Waals surface area contributed by atoms with Gasteiger partial charge in [-0.15, -0.1) is 11.8 Å². The summed E-state index contributed by atoms with van der Waals surface area (Å²) in [5.41, 5.74) is 1.46. The number of benzene rings is 1. The topological polar surface area (TPSA) is 15.3 Å². The van der Waals surface area contributed by atoms with Crippen LogP contribution in [0.4, 0.5) is 5.69 Å². The van der Waals surface area contributed by atoms with E-state index in [0.29, 0.717) is 6.04 Å². The molecule has 0 radical (unpaired) electrons. The molecule has 2 heterocycles. The standard InChI is InChI=1S/C15H22N2S/c1-12-11-18-15-5-3-2-4-14(15)17(12)10-13-6-8-16-9-7-13/h2-5,12-13,16H,6-11H2,1H3. The van der Waals surface area contributed by atoms with Gasteiger partial charge < -0.3 is 10.2 Å². The summed E-state index contributed by atoms with van der Waals surface area (Å²) in [5, 5.41) is 3.46. The highest BCUT2D eigenvalue weighted by atomic mass is 32.2. The van der Waals surface area contributed by atoms with Gasteiger partial charge in [0.25, 0.3) is 0 Å². The minimum absolute atomic E-state index is 0.666. The first-order valence-corrected chi connectivity index (χ1v) is 8.02. The highest BCUT2D eigenvalue weighted by molar-refractivity contribution is 7.99. The first-order chi connectivity index (χ1) is 8.84. The molecule has 1 fully saturated rings. The lowest BCUT2D eigenvalue weighted by Gasteiger charge is -2.39. The second kappa shape index (κ2) is 5.54. The number of rotatable bonds is 2. The van der Waals surface area contributed by atoms with Crippen molar-refractivity contribution < 1.29 is 0 Å². The van der Waals surface area contributed by atoms with E-state index in [1.807, 2.05) is 11.8 Å². The zero-order valence-corrected chi connectivity index (χ0v) is 11.9. The summed E-state index contributed by atoms with van der Waals surface area (Å²) in [5.74, 6) is 2.09. The van der Waals surface area contributed by atoms with Crippen LogP contribution in [0.3, 0.4) is 0 Å². The molecule has 1 saturated heterocycles. The van der Waals surface area contributed by atoms with Crippen molar-refractivity contribution in [2.45, 2.75) is 30.7 Å². The summed E-state index contributed by atoms with van der Waals surface area (Å²) >= 11 is 2.01. The number of nitrogens with one attached hydrogen (secondary N) is 1. The van der Waals surface area contributed by atoms with Crippen molar-refractivity contribution in [1.29, 1.82) is 0 Å². The lowest BCUT2D eigenvalue weighted by atomic mass is 9.96. The van der Waals surface area contributed by atoms with Gasteiger partial charge in [0.15, 0.2) is 0 Å². The Balaban J connectivity index is 1.77. The molecule has 1 unspecified atom stereocenters. The number of thioether (sulfide) groups is 1. The summed E-state index contributed by atoms with van der Waals surface area (Å²) < 4.78 is 0. The Morgan fingerprint density at radius 3 is 2.89 bits per heavy atom. The van der Waals surface area contributed by atoms with Gasteiger partial charge in [-0.05, 0) is 50.9 Å². The fourth-order valence-corrected chi connectivity index (χ4v) is 4.08. The van der Waals surface area contributed by atoms with Crippen LogP contribution in [-0.4, -0.2) is 31.4 Å². The van der Waals surface area contributed by atoms with Crippen LogP contribution >= 0.6 is 11.8 Å². The van der Waals surface area contributed by atoms with Crippen molar-refractivity contribution in [3.63, 3.8) is 0 Å². The Morgan fingerprint density at radius 1 is 1.28 bits per heavy atom. The van der Waals surface area contributed by atoms with E-state index in [2.05, 4.69) is 41.4 Å². The van der Waals surface area contributed by atoms with Crippen LogP contribution in [0.5, 0.6) is 0 Å². The normalized spacial score (nSPS) is 24.9. The first-order valence-electron chi connectivity index (χ1n) is 7.04. The molecule has 2 aliphatic rings. The Labute approximate surface area is 114 Å². The van der Waals surface area contributed by atoms with Gasteiger partial charge in [0.05, 0.1) is 5.69 Å². The molecule has 0 bridgehead atoms. The monoisotopic (exact) mass is 262 g/mol. The van der Waals surface area contributed by atoms with Crippen molar-refractivity contribution >= 4 is 17.4 Å². The number of piperidine rings is 1. The van der Waals surface area contributed by atoms with Crippen molar-refractivity contribution in [3.8, 4) is 0 Å². The van der Waals surface area contributed by atoms with Crippen LogP contribution in [0, 0.1) is 5.92 Å². The minimum atomic E-state index is 0.666. The minimum Gasteiger partial charge on any atom is -0.367 e. The van der Waals surface area contributed by atoms with E-state index in [9.17, 15) is 0 Å². The Morgan fingerprint density at radius 2 is 2.06 bits per heavy atom. The van der Waals surface area contributed by atoms with Gasteiger partial charge in [-0.1, -0.05) is 12.1 Å². The summed E-state index contributed by atoms with van der Waals surface area (Å²) in [7, 11) is 0. The Kier molecular flexibility index (Phi) is 3.80. The fraction of sp³-hybridized carbons (Fsp3) is 0.600. The number of nitrogens with zero attached hydrogens (tertiary/aromatic N) is 1. The maximum atomic E-state index is 3.46. The maximum absolute atomic E-state index is 3.46. The van der Waals surface area contributed by atoms with Gasteiger partial charge in [-0.2, -0.15) is 0 Å². The van der Waals surface area contributed by atoms with Crippen LogP contribution < -0.4 is 10.2 Å². The summed E-state index contributed by atoms with van der Waals surface area (Å²) in [6, 6.07) is 9.55. The summed E-state index contributed by atoms with van der Waals surface area (Å²) in [6.07, 6.45) is 2.66. The van der Waals surface area contributed by atoms with E-state index in [-0.39, 0.29) is 0 Å². The smallest absolute Gasteiger partial charge is 0.0507 e. The average Bonchev–Trinajstić information content (AvgIpc) is 2.43. The number of para-hydroxylation sites is 1. The molecule has 0 aliphatic carbocycles. The van der Waals surface area contributed by atoms with Gasteiger partial charge in [0, 0.05) is 23.2 Å². The van der Waals surface area contributed by atoms with E-state index in [0.717, 1.165) is 5.92 Å². The molecule has 3 heteroatoms. The molecule has 0 amide bonds. The largest absolute Gasteiger partial charge is 0.367 e. The number of anilines is 1. The second-order valence-corrected chi connectivity index (χ2v) is 6.54. The van der Waals surface area contributed by atoms with Crippen molar-refractivity contribution in [2.75, 3.05) is 30.3 Å². The van der Waals surface area contributed by atoms with Crippen LogP contribution in [-0.2, 0) is 0 Å². The van der Waals surface area contributed by atoms with Crippen molar-refractivity contribution in [2.24, 2.45) is 5.92 Å². The molecule has 0 saturated carbocycles. The lowest BCUT2D eigenvalue weighted by molar-refractivity contribution is 0.367. The van der Waals surface area contributed by atoms with Crippen LogP contribution in [0.15, 0.2) is 29.2 Å².